The number of hydrogen-bond donors (Lipinski definition) is 1. The number of sulfone groups is 1. The Hall–Kier alpha value is -1.24. The first-order valence-corrected chi connectivity index (χ1v) is 6.74. The summed E-state index contributed by atoms with van der Waals surface area (Å²) in [6.45, 7) is 2.90. The first-order valence-electron chi connectivity index (χ1n) is 5.26. The molecule has 0 fully saturated rings. The average Bonchev–Trinajstić information content (AvgIpc) is 2.22. The van der Waals surface area contributed by atoms with Gasteiger partial charge in [-0.3, -0.25) is 0 Å². The zero-order chi connectivity index (χ0) is 13.8. The highest BCUT2D eigenvalue weighted by Crippen LogP contribution is 2.43. The standard InChI is InChI=1S/C11H12F3NO2S/c1-10(2)6-15-8-5-3-4-7(11(12,13)14)9(8)18(10,16)17/h3-5,15H,6H2,1-2H3. The SMILES string of the molecule is CC1(C)CNc2cccc(C(F)(F)F)c2S1(=O)=O. The second-order valence-electron chi connectivity index (χ2n) is 4.80. The Labute approximate surface area is 103 Å². The molecule has 1 aromatic rings. The minimum atomic E-state index is -4.69. The van der Waals surface area contributed by atoms with E-state index in [9.17, 15) is 21.6 Å². The summed E-state index contributed by atoms with van der Waals surface area (Å²) in [4.78, 5) is -0.645. The van der Waals surface area contributed by atoms with Crippen LogP contribution in [-0.2, 0) is 16.0 Å². The first kappa shape index (κ1) is 13.2. The van der Waals surface area contributed by atoms with Crippen molar-refractivity contribution in [3.05, 3.63) is 23.8 Å². The number of hydrogen-bond acceptors (Lipinski definition) is 3. The smallest absolute Gasteiger partial charge is 0.382 e. The van der Waals surface area contributed by atoms with E-state index in [1.165, 1.54) is 26.0 Å². The van der Waals surface area contributed by atoms with Gasteiger partial charge in [0.1, 0.15) is 4.90 Å². The van der Waals surface area contributed by atoms with E-state index in [4.69, 9.17) is 0 Å². The normalized spacial score (nSPS) is 20.9. The van der Waals surface area contributed by atoms with Crippen LogP contribution in [0, 0.1) is 0 Å². The number of anilines is 1. The Balaban J connectivity index is 2.81. The number of nitrogens with one attached hydrogen (secondary N) is 1. The van der Waals surface area contributed by atoms with Crippen LogP contribution in [0.1, 0.15) is 19.4 Å². The summed E-state index contributed by atoms with van der Waals surface area (Å²) in [5.74, 6) is 0. The maximum atomic E-state index is 12.9. The van der Waals surface area contributed by atoms with Gasteiger partial charge < -0.3 is 5.32 Å². The van der Waals surface area contributed by atoms with Crippen molar-refractivity contribution >= 4 is 15.5 Å². The van der Waals surface area contributed by atoms with Crippen LogP contribution in [-0.4, -0.2) is 19.7 Å². The highest BCUT2D eigenvalue weighted by atomic mass is 32.2. The molecule has 0 amide bonds. The lowest BCUT2D eigenvalue weighted by Crippen LogP contribution is -2.44. The van der Waals surface area contributed by atoms with Crippen molar-refractivity contribution in [2.75, 3.05) is 11.9 Å². The molecule has 2 rings (SSSR count). The summed E-state index contributed by atoms with van der Waals surface area (Å²) < 4.78 is 61.9. The molecule has 0 saturated heterocycles. The van der Waals surface area contributed by atoms with Crippen molar-refractivity contribution in [3.63, 3.8) is 0 Å². The quantitative estimate of drug-likeness (QED) is 0.794. The van der Waals surface area contributed by atoms with Gasteiger partial charge in [0.15, 0.2) is 9.84 Å². The number of halogens is 3. The van der Waals surface area contributed by atoms with E-state index in [0.717, 1.165) is 6.07 Å². The van der Waals surface area contributed by atoms with Crippen LogP contribution in [0.25, 0.3) is 0 Å². The van der Waals surface area contributed by atoms with Crippen molar-refractivity contribution in [2.24, 2.45) is 0 Å². The van der Waals surface area contributed by atoms with Gasteiger partial charge in [0.2, 0.25) is 0 Å². The van der Waals surface area contributed by atoms with Gasteiger partial charge in [-0.05, 0) is 26.0 Å². The van der Waals surface area contributed by atoms with Crippen molar-refractivity contribution < 1.29 is 21.6 Å². The third kappa shape index (κ3) is 1.77. The molecule has 0 aliphatic carbocycles. The Morgan fingerprint density at radius 1 is 1.28 bits per heavy atom. The molecule has 7 heteroatoms. The third-order valence-corrected chi connectivity index (χ3v) is 5.60. The Kier molecular flexibility index (Phi) is 2.66. The Bertz CT molecular complexity index is 591. The molecule has 1 aromatic carbocycles. The molecule has 1 aliphatic rings. The Morgan fingerprint density at radius 2 is 1.89 bits per heavy atom. The van der Waals surface area contributed by atoms with E-state index in [1.807, 2.05) is 0 Å². The first-order chi connectivity index (χ1) is 8.07. The van der Waals surface area contributed by atoms with Crippen molar-refractivity contribution in [1.82, 2.24) is 0 Å². The largest absolute Gasteiger partial charge is 0.417 e. The minimum Gasteiger partial charge on any atom is -0.382 e. The highest BCUT2D eigenvalue weighted by molar-refractivity contribution is 7.93. The van der Waals surface area contributed by atoms with Gasteiger partial charge in [0.25, 0.3) is 0 Å². The molecule has 0 bridgehead atoms. The van der Waals surface area contributed by atoms with Crippen molar-refractivity contribution in [2.45, 2.75) is 29.7 Å². The molecule has 0 unspecified atom stereocenters. The summed E-state index contributed by atoms with van der Waals surface area (Å²) in [6.07, 6.45) is -4.69. The van der Waals surface area contributed by atoms with Crippen LogP contribution < -0.4 is 5.32 Å². The van der Waals surface area contributed by atoms with Crippen LogP contribution in [0.15, 0.2) is 23.1 Å². The molecule has 18 heavy (non-hydrogen) atoms. The van der Waals surface area contributed by atoms with Crippen LogP contribution >= 0.6 is 0 Å². The molecule has 0 spiro atoms. The second kappa shape index (κ2) is 3.63. The average molecular weight is 279 g/mol. The summed E-state index contributed by atoms with van der Waals surface area (Å²) in [5.41, 5.74) is -1.09. The molecule has 3 nitrogen and oxygen atoms in total. The Morgan fingerprint density at radius 3 is 2.44 bits per heavy atom. The lowest BCUT2D eigenvalue weighted by molar-refractivity contribution is -0.139. The number of fused-ring (bicyclic) bond motifs is 1. The van der Waals surface area contributed by atoms with Crippen LogP contribution in [0.4, 0.5) is 18.9 Å². The van der Waals surface area contributed by atoms with Gasteiger partial charge in [-0.1, -0.05) is 6.07 Å². The summed E-state index contributed by atoms with van der Waals surface area (Å²) in [6, 6.07) is 3.33. The zero-order valence-electron chi connectivity index (χ0n) is 9.80. The van der Waals surface area contributed by atoms with Crippen LogP contribution in [0.3, 0.4) is 0 Å². The predicted octanol–water partition coefficient (Wildman–Crippen LogP) is 2.68. The van der Waals surface area contributed by atoms with E-state index in [-0.39, 0.29) is 12.2 Å². The fourth-order valence-corrected chi connectivity index (χ4v) is 3.59. The van der Waals surface area contributed by atoms with Gasteiger partial charge >= 0.3 is 6.18 Å². The second-order valence-corrected chi connectivity index (χ2v) is 7.32. The molecule has 0 atom stereocenters. The van der Waals surface area contributed by atoms with E-state index in [2.05, 4.69) is 5.32 Å². The topological polar surface area (TPSA) is 46.2 Å². The third-order valence-electron chi connectivity index (χ3n) is 3.02. The van der Waals surface area contributed by atoms with Crippen molar-refractivity contribution in [3.8, 4) is 0 Å². The molecule has 0 radical (unpaired) electrons. The molecular weight excluding hydrogens is 267 g/mol. The summed E-state index contributed by atoms with van der Waals surface area (Å²) >= 11 is 0. The van der Waals surface area contributed by atoms with Gasteiger partial charge in [-0.2, -0.15) is 13.2 Å². The molecule has 100 valence electrons. The minimum absolute atomic E-state index is 0.0177. The maximum absolute atomic E-state index is 12.9. The van der Waals surface area contributed by atoms with E-state index < -0.39 is 31.2 Å². The molecular formula is C11H12F3NO2S. The van der Waals surface area contributed by atoms with Crippen molar-refractivity contribution in [1.29, 1.82) is 0 Å². The molecule has 1 heterocycles. The van der Waals surface area contributed by atoms with Crippen LogP contribution in [0.2, 0.25) is 0 Å². The molecule has 1 N–H and O–H groups in total. The maximum Gasteiger partial charge on any atom is 0.417 e. The van der Waals surface area contributed by atoms with Gasteiger partial charge in [-0.15, -0.1) is 0 Å². The monoisotopic (exact) mass is 279 g/mol. The van der Waals surface area contributed by atoms with Crippen LogP contribution in [0.5, 0.6) is 0 Å². The molecule has 0 aromatic heterocycles. The van der Waals surface area contributed by atoms with E-state index in [0.29, 0.717) is 0 Å². The lowest BCUT2D eigenvalue weighted by atomic mass is 10.1. The predicted molar refractivity (Wildman–Crippen MR) is 61.2 cm³/mol. The molecule has 0 saturated carbocycles. The van der Waals surface area contributed by atoms with E-state index >= 15 is 0 Å². The summed E-state index contributed by atoms with van der Waals surface area (Å²) in [7, 11) is -4.02. The number of rotatable bonds is 0. The fraction of sp³-hybridized carbons (Fsp3) is 0.455. The molecule has 1 aliphatic heterocycles. The van der Waals surface area contributed by atoms with Gasteiger partial charge in [0.05, 0.1) is 16.0 Å². The number of benzene rings is 1. The number of alkyl halides is 3. The highest BCUT2D eigenvalue weighted by Gasteiger charge is 2.47. The lowest BCUT2D eigenvalue weighted by Gasteiger charge is -2.33. The fourth-order valence-electron chi connectivity index (χ4n) is 1.87. The van der Waals surface area contributed by atoms with Gasteiger partial charge in [0, 0.05) is 6.54 Å². The zero-order valence-corrected chi connectivity index (χ0v) is 10.6. The summed E-state index contributed by atoms with van der Waals surface area (Å²) in [5, 5.41) is 2.74. The van der Waals surface area contributed by atoms with Gasteiger partial charge in [-0.25, -0.2) is 8.42 Å². The van der Waals surface area contributed by atoms with E-state index in [1.54, 1.807) is 0 Å².